The first-order valence-corrected chi connectivity index (χ1v) is 8.71. The van der Waals surface area contributed by atoms with Gasteiger partial charge in [0.05, 0.1) is 18.7 Å². The number of benzene rings is 2. The van der Waals surface area contributed by atoms with Gasteiger partial charge in [-0.1, -0.05) is 18.2 Å². The molecule has 1 aliphatic rings. The number of hydrogen-bond donors (Lipinski definition) is 1. The summed E-state index contributed by atoms with van der Waals surface area (Å²) >= 11 is 0. The molecule has 1 N–H and O–H groups in total. The monoisotopic (exact) mass is 371 g/mol. The molecule has 3 rings (SSSR count). The van der Waals surface area contributed by atoms with Gasteiger partial charge in [0.2, 0.25) is 0 Å². The van der Waals surface area contributed by atoms with Crippen LogP contribution in [0.3, 0.4) is 0 Å². The van der Waals surface area contributed by atoms with Gasteiger partial charge < -0.3 is 24.3 Å². The summed E-state index contributed by atoms with van der Waals surface area (Å²) in [6.07, 6.45) is 0.0411. The second kappa shape index (κ2) is 8.93. The molecular formula is C20H21NO6. The van der Waals surface area contributed by atoms with Crippen LogP contribution in [-0.4, -0.2) is 38.3 Å². The predicted octanol–water partition coefficient (Wildman–Crippen LogP) is 2.58. The summed E-state index contributed by atoms with van der Waals surface area (Å²) in [7, 11) is 0. The zero-order valence-corrected chi connectivity index (χ0v) is 15.0. The highest BCUT2D eigenvalue weighted by Gasteiger charge is 2.15. The lowest BCUT2D eigenvalue weighted by atomic mass is 10.1. The van der Waals surface area contributed by atoms with Crippen molar-refractivity contribution in [3.8, 4) is 17.2 Å². The molecule has 0 radical (unpaired) electrons. The van der Waals surface area contributed by atoms with Gasteiger partial charge in [-0.05, 0) is 36.8 Å². The van der Waals surface area contributed by atoms with Crippen molar-refractivity contribution in [2.75, 3.05) is 31.7 Å². The van der Waals surface area contributed by atoms with Gasteiger partial charge in [-0.3, -0.25) is 9.59 Å². The summed E-state index contributed by atoms with van der Waals surface area (Å²) < 4.78 is 21.4. The first kappa shape index (κ1) is 18.6. The Hall–Kier alpha value is -3.22. The van der Waals surface area contributed by atoms with E-state index >= 15 is 0 Å². The largest absolute Gasteiger partial charge is 0.492 e. The normalized spacial score (nSPS) is 12.2. The quantitative estimate of drug-likeness (QED) is 0.754. The van der Waals surface area contributed by atoms with E-state index in [1.807, 2.05) is 13.0 Å². The number of ether oxygens (including phenoxy) is 4. The van der Waals surface area contributed by atoms with E-state index in [2.05, 4.69) is 5.32 Å². The number of nitrogens with one attached hydrogen (secondary N) is 1. The van der Waals surface area contributed by atoms with Crippen LogP contribution in [0, 0.1) is 0 Å². The fraction of sp³-hybridized carbons (Fsp3) is 0.300. The molecule has 1 aliphatic heterocycles. The first-order chi connectivity index (χ1) is 13.2. The predicted molar refractivity (Wildman–Crippen MR) is 98.3 cm³/mol. The third-order valence-electron chi connectivity index (χ3n) is 3.78. The Labute approximate surface area is 157 Å². The molecule has 2 aromatic rings. The average Bonchev–Trinajstić information content (AvgIpc) is 2.68. The molecule has 7 nitrogen and oxygen atoms in total. The van der Waals surface area contributed by atoms with Gasteiger partial charge in [0.15, 0.2) is 18.1 Å². The molecule has 1 amide bonds. The number of hydrogen-bond acceptors (Lipinski definition) is 6. The molecule has 0 saturated carbocycles. The van der Waals surface area contributed by atoms with Crippen molar-refractivity contribution in [3.05, 3.63) is 48.0 Å². The van der Waals surface area contributed by atoms with Crippen LogP contribution in [0.2, 0.25) is 0 Å². The van der Waals surface area contributed by atoms with Crippen LogP contribution >= 0.6 is 0 Å². The molecule has 7 heteroatoms. The third-order valence-corrected chi connectivity index (χ3v) is 3.78. The summed E-state index contributed by atoms with van der Waals surface area (Å²) in [6.45, 7) is 2.96. The van der Waals surface area contributed by atoms with E-state index < -0.39 is 11.9 Å². The number of anilines is 1. The molecule has 0 bridgehead atoms. The highest BCUT2D eigenvalue weighted by molar-refractivity contribution is 5.94. The summed E-state index contributed by atoms with van der Waals surface area (Å²) in [6, 6.07) is 12.3. The lowest BCUT2D eigenvalue weighted by molar-refractivity contribution is -0.146. The van der Waals surface area contributed by atoms with E-state index in [9.17, 15) is 9.59 Å². The van der Waals surface area contributed by atoms with Crippen molar-refractivity contribution in [1.82, 2.24) is 0 Å². The Balaban J connectivity index is 1.50. The van der Waals surface area contributed by atoms with Gasteiger partial charge in [0.25, 0.3) is 5.91 Å². The molecule has 1 heterocycles. The molecule has 0 fully saturated rings. The average molecular weight is 371 g/mol. The molecule has 0 saturated heterocycles. The van der Waals surface area contributed by atoms with Crippen molar-refractivity contribution in [2.24, 2.45) is 0 Å². The van der Waals surface area contributed by atoms with E-state index in [1.54, 1.807) is 36.4 Å². The van der Waals surface area contributed by atoms with Crippen LogP contribution < -0.4 is 19.5 Å². The number of carbonyl (C=O) groups is 2. The van der Waals surface area contributed by atoms with Crippen LogP contribution in [0.5, 0.6) is 17.2 Å². The molecule has 0 aliphatic carbocycles. The minimum atomic E-state index is -0.500. The van der Waals surface area contributed by atoms with Crippen molar-refractivity contribution < 1.29 is 28.5 Å². The van der Waals surface area contributed by atoms with Crippen molar-refractivity contribution in [2.45, 2.75) is 13.3 Å². The lowest BCUT2D eigenvalue weighted by Gasteiger charge is -2.18. The topological polar surface area (TPSA) is 83.1 Å². The Morgan fingerprint density at radius 1 is 1.07 bits per heavy atom. The maximum Gasteiger partial charge on any atom is 0.310 e. The minimum absolute atomic E-state index is 0.0411. The molecule has 0 spiro atoms. The van der Waals surface area contributed by atoms with Gasteiger partial charge in [-0.15, -0.1) is 0 Å². The van der Waals surface area contributed by atoms with Crippen LogP contribution in [0.1, 0.15) is 12.5 Å². The number of fused-ring (bicyclic) bond motifs is 1. The van der Waals surface area contributed by atoms with Gasteiger partial charge >= 0.3 is 5.97 Å². The minimum Gasteiger partial charge on any atom is -0.492 e. The fourth-order valence-electron chi connectivity index (χ4n) is 2.60. The second-order valence-electron chi connectivity index (χ2n) is 5.79. The molecule has 27 heavy (non-hydrogen) atoms. The molecule has 0 aromatic heterocycles. The zero-order valence-electron chi connectivity index (χ0n) is 15.0. The maximum absolute atomic E-state index is 12.0. The fourth-order valence-corrected chi connectivity index (χ4v) is 2.60. The number of carbonyl (C=O) groups excluding carboxylic acids is 2. The van der Waals surface area contributed by atoms with Crippen LogP contribution in [0.15, 0.2) is 42.5 Å². The molecule has 0 unspecified atom stereocenters. The summed E-state index contributed by atoms with van der Waals surface area (Å²) in [4.78, 5) is 24.0. The van der Waals surface area contributed by atoms with E-state index in [1.165, 1.54) is 0 Å². The van der Waals surface area contributed by atoms with E-state index in [4.69, 9.17) is 18.9 Å². The molecule has 142 valence electrons. The SMILES string of the molecule is CCOc1ccccc1NC(=O)COC(=O)Cc1ccc2c(c1)OCCO2. The summed E-state index contributed by atoms with van der Waals surface area (Å²) in [5.74, 6) is 0.899. The summed E-state index contributed by atoms with van der Waals surface area (Å²) in [5, 5.41) is 2.68. The highest BCUT2D eigenvalue weighted by Crippen LogP contribution is 2.31. The number of para-hydroxylation sites is 2. The van der Waals surface area contributed by atoms with Gasteiger partial charge in [0.1, 0.15) is 19.0 Å². The van der Waals surface area contributed by atoms with Crippen LogP contribution in [0.25, 0.3) is 0 Å². The zero-order chi connectivity index (χ0) is 19.1. The highest BCUT2D eigenvalue weighted by atomic mass is 16.6. The van der Waals surface area contributed by atoms with E-state index in [-0.39, 0.29) is 13.0 Å². The number of esters is 1. The Bertz CT molecular complexity index is 820. The van der Waals surface area contributed by atoms with Gasteiger partial charge in [0, 0.05) is 0 Å². The van der Waals surface area contributed by atoms with Crippen LogP contribution in [-0.2, 0) is 20.7 Å². The smallest absolute Gasteiger partial charge is 0.310 e. The number of rotatable bonds is 7. The Kier molecular flexibility index (Phi) is 6.14. The third kappa shape index (κ3) is 5.13. The molecule has 0 atom stereocenters. The number of amides is 1. The first-order valence-electron chi connectivity index (χ1n) is 8.71. The molecular weight excluding hydrogens is 350 g/mol. The Morgan fingerprint density at radius 2 is 1.85 bits per heavy atom. The van der Waals surface area contributed by atoms with Crippen LogP contribution in [0.4, 0.5) is 5.69 Å². The standard InChI is InChI=1S/C20H21NO6/c1-2-24-16-6-4-3-5-15(16)21-19(22)13-27-20(23)12-14-7-8-17-18(11-14)26-10-9-25-17/h3-8,11H,2,9-10,12-13H2,1H3,(H,21,22). The van der Waals surface area contributed by atoms with Gasteiger partial charge in [-0.2, -0.15) is 0 Å². The van der Waals surface area contributed by atoms with E-state index in [0.717, 1.165) is 5.56 Å². The van der Waals surface area contributed by atoms with Crippen molar-refractivity contribution in [3.63, 3.8) is 0 Å². The van der Waals surface area contributed by atoms with E-state index in [0.29, 0.717) is 42.8 Å². The van der Waals surface area contributed by atoms with Crippen molar-refractivity contribution in [1.29, 1.82) is 0 Å². The Morgan fingerprint density at radius 3 is 2.67 bits per heavy atom. The molecule has 2 aromatic carbocycles. The van der Waals surface area contributed by atoms with Crippen molar-refractivity contribution >= 4 is 17.6 Å². The maximum atomic E-state index is 12.0. The second-order valence-corrected chi connectivity index (χ2v) is 5.79. The van der Waals surface area contributed by atoms with Gasteiger partial charge in [-0.25, -0.2) is 0 Å². The summed E-state index contributed by atoms with van der Waals surface area (Å²) in [5.41, 5.74) is 1.26. The lowest BCUT2D eigenvalue weighted by Crippen LogP contribution is -2.22.